The third kappa shape index (κ3) is 6.35. The largest absolute Gasteiger partial charge is 0.459 e. The van der Waals surface area contributed by atoms with Crippen LogP contribution in [0.5, 0.6) is 0 Å². The molecule has 35 heavy (non-hydrogen) atoms. The molecule has 0 aliphatic carbocycles. The Kier molecular flexibility index (Phi) is 7.71. The van der Waals surface area contributed by atoms with Crippen molar-refractivity contribution in [2.75, 3.05) is 36.2 Å². The zero-order valence-electron chi connectivity index (χ0n) is 18.1. The van der Waals surface area contributed by atoms with E-state index in [9.17, 15) is 32.9 Å². The summed E-state index contributed by atoms with van der Waals surface area (Å²) in [5.41, 5.74) is -2.54. The number of nitro groups is 1. The Hall–Kier alpha value is -4.39. The van der Waals surface area contributed by atoms with Crippen LogP contribution in [0.15, 0.2) is 59.2 Å². The van der Waals surface area contributed by atoms with Crippen LogP contribution in [0.1, 0.15) is 26.5 Å². The number of amides is 2. The van der Waals surface area contributed by atoms with Crippen molar-refractivity contribution in [3.05, 3.63) is 81.8 Å². The second kappa shape index (κ2) is 10.7. The van der Waals surface area contributed by atoms with Crippen molar-refractivity contribution < 1.29 is 36.8 Å². The Morgan fingerprint density at radius 1 is 1.06 bits per heavy atom. The van der Waals surface area contributed by atoms with Crippen LogP contribution in [0.25, 0.3) is 0 Å². The predicted octanol–water partition coefficient (Wildman–Crippen LogP) is 4.77. The molecule has 2 aromatic carbocycles. The van der Waals surface area contributed by atoms with Gasteiger partial charge in [-0.15, -0.1) is 0 Å². The standard InChI is InChI=1S/C22H19F3N4O6/c1-34-10-8-26-17-6-4-13(11-18(17)29(32)33)20(30)28-16-7-5-14(12-15(16)22(23,24)25)27-21(31)19-3-2-9-35-19/h2-7,9,11-12,26H,8,10H2,1H3,(H,27,31)(H,28,30). The van der Waals surface area contributed by atoms with E-state index in [-0.39, 0.29) is 35.9 Å². The van der Waals surface area contributed by atoms with Crippen LogP contribution >= 0.6 is 0 Å². The number of rotatable bonds is 9. The lowest BCUT2D eigenvalue weighted by Gasteiger charge is -2.16. The van der Waals surface area contributed by atoms with Crippen LogP contribution in [-0.2, 0) is 10.9 Å². The molecular weight excluding hydrogens is 473 g/mol. The number of nitro benzene ring substituents is 1. The number of furan rings is 1. The van der Waals surface area contributed by atoms with E-state index in [1.54, 1.807) is 0 Å². The van der Waals surface area contributed by atoms with Crippen molar-refractivity contribution in [3.63, 3.8) is 0 Å². The molecule has 1 heterocycles. The third-order valence-electron chi connectivity index (χ3n) is 4.65. The van der Waals surface area contributed by atoms with Gasteiger partial charge in [0.15, 0.2) is 5.76 Å². The first-order valence-electron chi connectivity index (χ1n) is 9.99. The van der Waals surface area contributed by atoms with E-state index >= 15 is 0 Å². The van der Waals surface area contributed by atoms with Crippen molar-refractivity contribution in [1.82, 2.24) is 0 Å². The third-order valence-corrected chi connectivity index (χ3v) is 4.65. The maximum absolute atomic E-state index is 13.7. The highest BCUT2D eigenvalue weighted by Crippen LogP contribution is 2.37. The molecule has 13 heteroatoms. The predicted molar refractivity (Wildman–Crippen MR) is 120 cm³/mol. The van der Waals surface area contributed by atoms with E-state index < -0.39 is 39.9 Å². The van der Waals surface area contributed by atoms with Crippen molar-refractivity contribution in [1.29, 1.82) is 0 Å². The number of ether oxygens (including phenoxy) is 1. The van der Waals surface area contributed by atoms with Gasteiger partial charge in [-0.2, -0.15) is 13.2 Å². The number of halogens is 3. The molecule has 0 bridgehead atoms. The van der Waals surface area contributed by atoms with Gasteiger partial charge in [0.05, 0.1) is 29.0 Å². The smallest absolute Gasteiger partial charge is 0.418 e. The summed E-state index contributed by atoms with van der Waals surface area (Å²) >= 11 is 0. The molecule has 0 aliphatic rings. The summed E-state index contributed by atoms with van der Waals surface area (Å²) < 4.78 is 50.8. The minimum absolute atomic E-state index is 0.0994. The second-order valence-electron chi connectivity index (χ2n) is 7.05. The first-order valence-corrected chi connectivity index (χ1v) is 9.99. The lowest BCUT2D eigenvalue weighted by molar-refractivity contribution is -0.384. The molecule has 0 radical (unpaired) electrons. The normalized spacial score (nSPS) is 11.1. The molecular formula is C22H19F3N4O6. The summed E-state index contributed by atoms with van der Waals surface area (Å²) in [5.74, 6) is -1.85. The van der Waals surface area contributed by atoms with Gasteiger partial charge in [0.25, 0.3) is 17.5 Å². The molecule has 1 aromatic heterocycles. The van der Waals surface area contributed by atoms with Crippen molar-refractivity contribution in [3.8, 4) is 0 Å². The van der Waals surface area contributed by atoms with Crippen molar-refractivity contribution in [2.24, 2.45) is 0 Å². The average molecular weight is 492 g/mol. The molecule has 0 unspecified atom stereocenters. The van der Waals surface area contributed by atoms with E-state index in [4.69, 9.17) is 9.15 Å². The number of carbonyl (C=O) groups excluding carboxylic acids is 2. The Morgan fingerprint density at radius 2 is 1.80 bits per heavy atom. The van der Waals surface area contributed by atoms with Gasteiger partial charge >= 0.3 is 6.18 Å². The van der Waals surface area contributed by atoms with E-state index in [0.717, 1.165) is 18.2 Å². The number of nitrogens with zero attached hydrogens (tertiary/aromatic N) is 1. The SMILES string of the molecule is COCCNc1ccc(C(=O)Nc2ccc(NC(=O)c3ccco3)cc2C(F)(F)F)cc1[N+](=O)[O-]. The number of hydrogen-bond donors (Lipinski definition) is 3. The maximum atomic E-state index is 13.7. The molecule has 0 saturated carbocycles. The molecule has 0 spiro atoms. The van der Waals surface area contributed by atoms with E-state index in [0.29, 0.717) is 6.07 Å². The first-order chi connectivity index (χ1) is 16.6. The molecule has 2 amide bonds. The van der Waals surface area contributed by atoms with Crippen LogP contribution < -0.4 is 16.0 Å². The summed E-state index contributed by atoms with van der Waals surface area (Å²) in [5, 5.41) is 18.6. The molecule has 3 rings (SSSR count). The van der Waals surface area contributed by atoms with E-state index in [2.05, 4.69) is 16.0 Å². The molecule has 0 atom stereocenters. The van der Waals surface area contributed by atoms with Gasteiger partial charge < -0.3 is 25.1 Å². The molecule has 184 valence electrons. The fourth-order valence-corrected chi connectivity index (χ4v) is 3.02. The molecule has 10 nitrogen and oxygen atoms in total. The van der Waals surface area contributed by atoms with Gasteiger partial charge in [0, 0.05) is 31.0 Å². The minimum atomic E-state index is -4.88. The van der Waals surface area contributed by atoms with Crippen LogP contribution in [-0.4, -0.2) is 37.0 Å². The van der Waals surface area contributed by atoms with Gasteiger partial charge in [0.1, 0.15) is 5.69 Å². The highest BCUT2D eigenvalue weighted by Gasteiger charge is 2.34. The monoisotopic (exact) mass is 492 g/mol. The molecule has 0 saturated heterocycles. The van der Waals surface area contributed by atoms with E-state index in [1.165, 1.54) is 37.6 Å². The molecule has 0 aliphatic heterocycles. The van der Waals surface area contributed by atoms with E-state index in [1.807, 2.05) is 0 Å². The lowest BCUT2D eigenvalue weighted by Crippen LogP contribution is -2.18. The zero-order chi connectivity index (χ0) is 25.6. The number of benzene rings is 2. The summed E-state index contributed by atoms with van der Waals surface area (Å²) in [6.45, 7) is 0.540. The highest BCUT2D eigenvalue weighted by molar-refractivity contribution is 6.06. The Morgan fingerprint density at radius 3 is 2.43 bits per heavy atom. The fourth-order valence-electron chi connectivity index (χ4n) is 3.02. The van der Waals surface area contributed by atoms with Crippen molar-refractivity contribution >= 4 is 34.6 Å². The van der Waals surface area contributed by atoms with Gasteiger partial charge in [-0.3, -0.25) is 19.7 Å². The number of nitrogens with one attached hydrogen (secondary N) is 3. The van der Waals surface area contributed by atoms with Gasteiger partial charge in [-0.05, 0) is 42.5 Å². The molecule has 3 N–H and O–H groups in total. The van der Waals surface area contributed by atoms with Crippen LogP contribution in [0.2, 0.25) is 0 Å². The van der Waals surface area contributed by atoms with Gasteiger partial charge in [-0.1, -0.05) is 0 Å². The van der Waals surface area contributed by atoms with Crippen LogP contribution in [0, 0.1) is 10.1 Å². The fraction of sp³-hybridized carbons (Fsp3) is 0.182. The maximum Gasteiger partial charge on any atom is 0.418 e. The number of methoxy groups -OCH3 is 1. The van der Waals surface area contributed by atoms with Gasteiger partial charge in [0.2, 0.25) is 0 Å². The topological polar surface area (TPSA) is 136 Å². The minimum Gasteiger partial charge on any atom is -0.459 e. The van der Waals surface area contributed by atoms with Crippen LogP contribution in [0.3, 0.4) is 0 Å². The summed E-state index contributed by atoms with van der Waals surface area (Å²) in [6.07, 6.45) is -3.64. The molecule has 0 fully saturated rings. The number of carbonyl (C=O) groups is 2. The second-order valence-corrected chi connectivity index (χ2v) is 7.05. The van der Waals surface area contributed by atoms with Gasteiger partial charge in [-0.25, -0.2) is 0 Å². The quantitative estimate of drug-likeness (QED) is 0.222. The average Bonchev–Trinajstić information content (AvgIpc) is 3.35. The summed E-state index contributed by atoms with van der Waals surface area (Å²) in [6, 6.07) is 9.04. The summed E-state index contributed by atoms with van der Waals surface area (Å²) in [4.78, 5) is 35.4. The van der Waals surface area contributed by atoms with Crippen molar-refractivity contribution in [2.45, 2.75) is 6.18 Å². The number of hydrogen-bond acceptors (Lipinski definition) is 7. The Labute approximate surface area is 196 Å². The van der Waals surface area contributed by atoms with Crippen LogP contribution in [0.4, 0.5) is 35.9 Å². The summed E-state index contributed by atoms with van der Waals surface area (Å²) in [7, 11) is 1.46. The lowest BCUT2D eigenvalue weighted by atomic mass is 10.1. The number of alkyl halides is 3. The zero-order valence-corrected chi connectivity index (χ0v) is 18.1. The Bertz CT molecular complexity index is 1230. The Balaban J connectivity index is 1.84. The number of anilines is 3. The first kappa shape index (κ1) is 25.2. The highest BCUT2D eigenvalue weighted by atomic mass is 19.4. The molecule has 3 aromatic rings.